The van der Waals surface area contributed by atoms with Gasteiger partial charge in [-0.25, -0.2) is 14.6 Å². The number of halogens is 1. The first-order chi connectivity index (χ1) is 9.78. The van der Waals surface area contributed by atoms with Gasteiger partial charge in [0.05, 0.1) is 17.9 Å². The molecule has 5 nitrogen and oxygen atoms in total. The van der Waals surface area contributed by atoms with Crippen molar-refractivity contribution in [2.75, 3.05) is 0 Å². The maximum absolute atomic E-state index is 6.11. The first kappa shape index (κ1) is 11.3. The van der Waals surface area contributed by atoms with Gasteiger partial charge < -0.3 is 0 Å². The number of imidazole rings is 1. The molecule has 0 spiro atoms. The van der Waals surface area contributed by atoms with Gasteiger partial charge >= 0.3 is 0 Å². The molecule has 1 aromatic carbocycles. The summed E-state index contributed by atoms with van der Waals surface area (Å²) in [5.74, 6) is 3.38. The van der Waals surface area contributed by atoms with Crippen LogP contribution in [0.5, 0.6) is 0 Å². The van der Waals surface area contributed by atoms with Crippen molar-refractivity contribution in [3.05, 3.63) is 47.3 Å². The average Bonchev–Trinajstić information content (AvgIpc) is 3.04. The molecule has 0 radical (unpaired) electrons. The van der Waals surface area contributed by atoms with Crippen LogP contribution in [-0.2, 0) is 6.54 Å². The van der Waals surface area contributed by atoms with Crippen LogP contribution in [0.1, 0.15) is 11.4 Å². The van der Waals surface area contributed by atoms with Crippen LogP contribution in [0, 0.1) is 12.3 Å². The zero-order valence-electron chi connectivity index (χ0n) is 10.3. The highest BCUT2D eigenvalue weighted by molar-refractivity contribution is 6.31. The second-order valence-corrected chi connectivity index (χ2v) is 4.89. The van der Waals surface area contributed by atoms with Crippen molar-refractivity contribution in [3.8, 4) is 29.4 Å². The Bertz CT molecular complexity index is 868. The molecule has 1 aliphatic heterocycles. The van der Waals surface area contributed by atoms with E-state index in [2.05, 4.69) is 21.0 Å². The van der Waals surface area contributed by atoms with E-state index in [1.807, 2.05) is 22.8 Å². The Morgan fingerprint density at radius 1 is 1.30 bits per heavy atom. The van der Waals surface area contributed by atoms with Gasteiger partial charge in [0, 0.05) is 10.6 Å². The van der Waals surface area contributed by atoms with Gasteiger partial charge in [-0.2, -0.15) is 5.10 Å². The highest BCUT2D eigenvalue weighted by Crippen LogP contribution is 2.32. The average molecular weight is 282 g/mol. The summed E-state index contributed by atoms with van der Waals surface area (Å²) in [6, 6.07) is 5.65. The number of terminal acetylenes is 1. The number of rotatable bonds is 0. The van der Waals surface area contributed by atoms with E-state index >= 15 is 0 Å². The van der Waals surface area contributed by atoms with E-state index in [0.29, 0.717) is 17.3 Å². The Morgan fingerprint density at radius 3 is 3.05 bits per heavy atom. The molecule has 4 rings (SSSR count). The fourth-order valence-corrected chi connectivity index (χ4v) is 2.65. The van der Waals surface area contributed by atoms with E-state index in [1.54, 1.807) is 11.0 Å². The lowest BCUT2D eigenvalue weighted by Gasteiger charge is -2.08. The summed E-state index contributed by atoms with van der Waals surface area (Å²) in [5, 5.41) is 4.90. The van der Waals surface area contributed by atoms with Gasteiger partial charge in [0.1, 0.15) is 18.3 Å². The molecule has 0 aliphatic carbocycles. The normalized spacial score (nSPS) is 12.0. The first-order valence-electron chi connectivity index (χ1n) is 5.99. The van der Waals surface area contributed by atoms with Crippen molar-refractivity contribution < 1.29 is 0 Å². The van der Waals surface area contributed by atoms with E-state index in [-0.39, 0.29) is 0 Å². The molecule has 96 valence electrons. The van der Waals surface area contributed by atoms with Crippen molar-refractivity contribution in [2.24, 2.45) is 0 Å². The lowest BCUT2D eigenvalue weighted by atomic mass is 10.1. The highest BCUT2D eigenvalue weighted by atomic mass is 35.5. The Balaban J connectivity index is 2.12. The van der Waals surface area contributed by atoms with E-state index < -0.39 is 0 Å². The zero-order valence-corrected chi connectivity index (χ0v) is 11.0. The topological polar surface area (TPSA) is 48.5 Å². The lowest BCUT2D eigenvalue weighted by Crippen LogP contribution is -2.05. The summed E-state index contributed by atoms with van der Waals surface area (Å²) < 4.78 is 3.77. The Labute approximate surface area is 119 Å². The minimum absolute atomic E-state index is 0.529. The lowest BCUT2D eigenvalue weighted by molar-refractivity contribution is 0.676. The van der Waals surface area contributed by atoms with Crippen LogP contribution in [0.15, 0.2) is 30.9 Å². The van der Waals surface area contributed by atoms with E-state index in [4.69, 9.17) is 18.0 Å². The molecule has 0 saturated carbocycles. The van der Waals surface area contributed by atoms with Gasteiger partial charge in [-0.05, 0) is 24.1 Å². The smallest absolute Gasteiger partial charge is 0.160 e. The molecule has 1 aliphatic rings. The summed E-state index contributed by atoms with van der Waals surface area (Å²) in [6.45, 7) is 0.529. The maximum Gasteiger partial charge on any atom is 0.160 e. The fraction of sp³-hybridized carbons (Fsp3) is 0.0714. The van der Waals surface area contributed by atoms with Crippen LogP contribution in [-0.4, -0.2) is 24.3 Å². The molecule has 0 bridgehead atoms. The third-order valence-electron chi connectivity index (χ3n) is 3.38. The monoisotopic (exact) mass is 281 g/mol. The minimum Gasteiger partial charge on any atom is -0.299 e. The van der Waals surface area contributed by atoms with Crippen molar-refractivity contribution in [2.45, 2.75) is 6.54 Å². The Hall–Kier alpha value is -2.58. The van der Waals surface area contributed by atoms with Crippen molar-refractivity contribution in [3.63, 3.8) is 0 Å². The summed E-state index contributed by atoms with van der Waals surface area (Å²) in [6.07, 6.45) is 8.77. The summed E-state index contributed by atoms with van der Waals surface area (Å²) in [5.41, 5.74) is 3.40. The molecule has 20 heavy (non-hydrogen) atoms. The predicted octanol–water partition coefficient (Wildman–Crippen LogP) is 2.13. The molecule has 6 heteroatoms. The molecule has 3 heterocycles. The third kappa shape index (κ3) is 1.43. The molecule has 0 atom stereocenters. The van der Waals surface area contributed by atoms with Gasteiger partial charge in [0.25, 0.3) is 0 Å². The van der Waals surface area contributed by atoms with Crippen molar-refractivity contribution in [1.29, 1.82) is 0 Å². The Kier molecular flexibility index (Phi) is 2.23. The third-order valence-corrected chi connectivity index (χ3v) is 3.61. The van der Waals surface area contributed by atoms with Crippen LogP contribution in [0.25, 0.3) is 17.1 Å². The molecular formula is C14H8ClN5. The number of hydrogen-bond acceptors (Lipinski definition) is 3. The van der Waals surface area contributed by atoms with Gasteiger partial charge in [0.15, 0.2) is 5.82 Å². The number of benzene rings is 1. The van der Waals surface area contributed by atoms with Crippen molar-refractivity contribution in [1.82, 2.24) is 24.3 Å². The van der Waals surface area contributed by atoms with Gasteiger partial charge in [0.2, 0.25) is 0 Å². The number of aromatic nitrogens is 5. The molecule has 0 amide bonds. The maximum atomic E-state index is 6.11. The van der Waals surface area contributed by atoms with Crippen LogP contribution >= 0.6 is 11.6 Å². The van der Waals surface area contributed by atoms with Gasteiger partial charge in [-0.1, -0.05) is 11.6 Å². The van der Waals surface area contributed by atoms with E-state index in [9.17, 15) is 0 Å². The zero-order chi connectivity index (χ0) is 13.7. The molecule has 0 saturated heterocycles. The van der Waals surface area contributed by atoms with Crippen molar-refractivity contribution >= 4 is 11.6 Å². The molecule has 3 aromatic rings. The largest absolute Gasteiger partial charge is 0.299 e. The van der Waals surface area contributed by atoms with Crippen LogP contribution in [0.3, 0.4) is 0 Å². The summed E-state index contributed by atoms with van der Waals surface area (Å²) in [7, 11) is 0. The molecule has 0 fully saturated rings. The van der Waals surface area contributed by atoms with E-state index in [0.717, 1.165) is 22.8 Å². The van der Waals surface area contributed by atoms with Crippen LogP contribution in [0.4, 0.5) is 0 Å². The minimum atomic E-state index is 0.529. The fourth-order valence-electron chi connectivity index (χ4n) is 2.48. The van der Waals surface area contributed by atoms with E-state index in [1.165, 1.54) is 6.33 Å². The van der Waals surface area contributed by atoms with Gasteiger partial charge in [-0.15, -0.1) is 6.42 Å². The molecule has 2 aromatic heterocycles. The molecule has 0 N–H and O–H groups in total. The number of nitrogens with zero attached hydrogens (tertiary/aromatic N) is 5. The van der Waals surface area contributed by atoms with Gasteiger partial charge in [-0.3, -0.25) is 4.57 Å². The second-order valence-electron chi connectivity index (χ2n) is 4.46. The quantitative estimate of drug-likeness (QED) is 0.464. The standard InChI is InChI=1S/C14H8ClN5/c1-2-11-13-6-20-14(16-7-18-20)10-5-9(15)3-4-12(10)19(13)8-17-11/h1,3-5,7-8H,6H2. The molecule has 0 unspecified atom stereocenters. The van der Waals surface area contributed by atoms with Crippen LogP contribution < -0.4 is 0 Å². The highest BCUT2D eigenvalue weighted by Gasteiger charge is 2.23. The summed E-state index contributed by atoms with van der Waals surface area (Å²) >= 11 is 6.11. The predicted molar refractivity (Wildman–Crippen MR) is 74.6 cm³/mol. The number of fused-ring (bicyclic) bond motifs is 5. The summed E-state index contributed by atoms with van der Waals surface area (Å²) in [4.78, 5) is 8.59. The molecular weight excluding hydrogens is 274 g/mol. The SMILES string of the molecule is C#Cc1ncn2c1Cn1ncnc1-c1cc(Cl)ccc1-2. The first-order valence-corrected chi connectivity index (χ1v) is 6.36. The Morgan fingerprint density at radius 2 is 2.20 bits per heavy atom. The van der Waals surface area contributed by atoms with Crippen LogP contribution in [0.2, 0.25) is 5.02 Å². The number of hydrogen-bond donors (Lipinski definition) is 0. The second kappa shape index (κ2) is 3.95.